The monoisotopic (exact) mass is 533 g/mol. The van der Waals surface area contributed by atoms with Crippen LogP contribution in [0.3, 0.4) is 0 Å². The second kappa shape index (κ2) is 9.46. The Morgan fingerprint density at radius 1 is 1.44 bits per heavy atom. The number of hydrogen-bond donors (Lipinski definition) is 2. The second-order valence-electron chi connectivity index (χ2n) is 6.77. The van der Waals surface area contributed by atoms with Crippen molar-refractivity contribution in [2.75, 3.05) is 25.2 Å². The minimum atomic E-state index is -1.13. The highest BCUT2D eigenvalue weighted by Crippen LogP contribution is 2.44. The van der Waals surface area contributed by atoms with Gasteiger partial charge in [-0.05, 0) is 0 Å². The normalized spacial score (nSPS) is 25.1. The van der Waals surface area contributed by atoms with E-state index < -0.39 is 23.3 Å². The summed E-state index contributed by atoms with van der Waals surface area (Å²) in [6.07, 6.45) is 0. The van der Waals surface area contributed by atoms with Crippen LogP contribution in [-0.2, 0) is 19.2 Å². The number of amides is 2. The Hall–Kier alpha value is -2.01. The molecule has 2 saturated heterocycles. The summed E-state index contributed by atoms with van der Waals surface area (Å²) in [7, 11) is 1.28. The third-order valence-electron chi connectivity index (χ3n) is 4.78. The number of aromatic nitrogens is 2. The number of nitrogens with zero attached hydrogens (tertiary/aromatic N) is 4. The highest BCUT2D eigenvalue weighted by Gasteiger charge is 2.57. The van der Waals surface area contributed by atoms with Gasteiger partial charge in [0.15, 0.2) is 10.1 Å². The predicted octanol–water partition coefficient (Wildman–Crippen LogP) is 0.635. The number of rotatable bonds is 8. The first-order valence-electron chi connectivity index (χ1n) is 8.90. The van der Waals surface area contributed by atoms with Gasteiger partial charge in [0.2, 0.25) is 5.91 Å². The van der Waals surface area contributed by atoms with Crippen LogP contribution in [0.4, 0.5) is 0 Å². The lowest BCUT2D eigenvalue weighted by Crippen LogP contribution is -2.74. The molecule has 11 nitrogen and oxygen atoms in total. The minimum Gasteiger partial charge on any atom is -0.481 e. The lowest BCUT2D eigenvalue weighted by atomic mass is 9.89. The molecule has 3 atom stereocenters. The fourth-order valence-electron chi connectivity index (χ4n) is 3.17. The van der Waals surface area contributed by atoms with E-state index in [1.807, 2.05) is 0 Å². The summed E-state index contributed by atoms with van der Waals surface area (Å²) in [5.41, 5.74) is 0.355. The standard InChI is InChI=1S/C16H15N5O6S5/c1-27-20-8(7-2-28-15(26)32-7)10(22)18-9-11(23)21-3-16(13(24)25,4-29-12(9)21)5-30-14-19-17-6-31-14/h2,6,9,12H,3-5H2,1H3,(H,18,22)(H,24,25)/t9?,12-,16?/m1/s1. The zero-order valence-corrected chi connectivity index (χ0v) is 20.3. The van der Waals surface area contributed by atoms with Gasteiger partial charge in [0.05, 0.1) is 4.88 Å². The van der Waals surface area contributed by atoms with Crippen LogP contribution in [0.15, 0.2) is 25.2 Å². The summed E-state index contributed by atoms with van der Waals surface area (Å²) in [6.45, 7) is 0.0438. The highest BCUT2D eigenvalue weighted by molar-refractivity contribution is 8.01. The van der Waals surface area contributed by atoms with Crippen molar-refractivity contribution in [3.63, 3.8) is 0 Å². The average Bonchev–Trinajstić information content (AvgIpc) is 3.45. The van der Waals surface area contributed by atoms with Gasteiger partial charge in [0, 0.05) is 23.4 Å². The molecule has 16 heteroatoms. The van der Waals surface area contributed by atoms with Gasteiger partial charge in [-0.1, -0.05) is 50.9 Å². The number of carboxylic acids is 1. The molecule has 0 aliphatic carbocycles. The second-order valence-corrected chi connectivity index (χ2v) is 12.0. The largest absolute Gasteiger partial charge is 0.481 e. The van der Waals surface area contributed by atoms with Crippen LogP contribution in [0, 0.1) is 5.41 Å². The summed E-state index contributed by atoms with van der Waals surface area (Å²) in [6, 6.07) is -0.812. The molecule has 2 aromatic heterocycles. The van der Waals surface area contributed by atoms with E-state index in [2.05, 4.69) is 20.7 Å². The van der Waals surface area contributed by atoms with Gasteiger partial charge in [-0.25, -0.2) is 0 Å². The van der Waals surface area contributed by atoms with Crippen molar-refractivity contribution in [2.24, 2.45) is 10.6 Å². The molecule has 2 aliphatic rings. The van der Waals surface area contributed by atoms with E-state index in [1.165, 1.54) is 52.3 Å². The maximum atomic E-state index is 12.8. The van der Waals surface area contributed by atoms with E-state index in [1.54, 1.807) is 5.51 Å². The highest BCUT2D eigenvalue weighted by atomic mass is 32.2. The van der Waals surface area contributed by atoms with Crippen LogP contribution in [0.5, 0.6) is 0 Å². The lowest BCUT2D eigenvalue weighted by molar-refractivity contribution is -0.157. The van der Waals surface area contributed by atoms with E-state index in [-0.39, 0.29) is 39.1 Å². The SMILES string of the molecule is CON=C(C(=O)NC1C(=O)N2CC(CSc3nncs3)(C(=O)O)CS[C@H]12)c1csc(=O)s1. The number of oxime groups is 1. The van der Waals surface area contributed by atoms with Crippen LogP contribution in [-0.4, -0.2) is 80.3 Å². The third kappa shape index (κ3) is 4.41. The Balaban J connectivity index is 1.43. The number of carbonyl (C=O) groups excluding carboxylic acids is 2. The van der Waals surface area contributed by atoms with Gasteiger partial charge in [-0.15, -0.1) is 22.0 Å². The average molecular weight is 534 g/mol. The molecule has 0 saturated carbocycles. The van der Waals surface area contributed by atoms with Crippen molar-refractivity contribution < 1.29 is 24.3 Å². The molecule has 0 bridgehead atoms. The van der Waals surface area contributed by atoms with Gasteiger partial charge >= 0.3 is 5.97 Å². The number of carboxylic acid groups (broad SMARTS) is 1. The fraction of sp³-hybridized carbons (Fsp3) is 0.438. The van der Waals surface area contributed by atoms with Crippen molar-refractivity contribution in [3.8, 4) is 0 Å². The Bertz CT molecular complexity index is 1120. The molecule has 2 N–H and O–H groups in total. The number of carbonyl (C=O) groups is 3. The Kier molecular flexibility index (Phi) is 6.85. The van der Waals surface area contributed by atoms with E-state index in [4.69, 9.17) is 4.84 Å². The Labute approximate surface area is 201 Å². The fourth-order valence-corrected chi connectivity index (χ4v) is 8.19. The number of thioether (sulfide) groups is 2. The summed E-state index contributed by atoms with van der Waals surface area (Å²) >= 11 is 5.74. The smallest absolute Gasteiger partial charge is 0.313 e. The van der Waals surface area contributed by atoms with Gasteiger partial charge < -0.3 is 20.2 Å². The Morgan fingerprint density at radius 3 is 2.88 bits per heavy atom. The van der Waals surface area contributed by atoms with Crippen molar-refractivity contribution in [3.05, 3.63) is 24.6 Å². The van der Waals surface area contributed by atoms with Gasteiger partial charge in [-0.3, -0.25) is 19.2 Å². The first-order chi connectivity index (χ1) is 15.3. The molecule has 0 radical (unpaired) electrons. The van der Waals surface area contributed by atoms with Crippen LogP contribution < -0.4 is 9.37 Å². The quantitative estimate of drug-likeness (QED) is 0.214. The molecule has 0 spiro atoms. The number of hydrogen-bond acceptors (Lipinski definition) is 13. The zero-order chi connectivity index (χ0) is 22.9. The maximum Gasteiger partial charge on any atom is 0.313 e. The summed E-state index contributed by atoms with van der Waals surface area (Å²) < 4.78 is 0.472. The van der Waals surface area contributed by atoms with Crippen molar-refractivity contribution in [1.29, 1.82) is 0 Å². The molecule has 32 heavy (non-hydrogen) atoms. The summed E-state index contributed by atoms with van der Waals surface area (Å²) in [4.78, 5) is 55.6. The van der Waals surface area contributed by atoms with Crippen molar-refractivity contribution in [1.82, 2.24) is 20.4 Å². The van der Waals surface area contributed by atoms with E-state index >= 15 is 0 Å². The molecule has 2 aromatic rings. The molecule has 2 aliphatic heterocycles. The number of β-lactam (4-membered cyclic amide) rings is 1. The third-order valence-corrected chi connectivity index (χ3v) is 10.5. The summed E-state index contributed by atoms with van der Waals surface area (Å²) in [5.74, 6) is -1.46. The topological polar surface area (TPSA) is 151 Å². The lowest BCUT2D eigenvalue weighted by Gasteiger charge is -2.53. The van der Waals surface area contributed by atoms with E-state index in [0.717, 1.165) is 22.7 Å². The molecule has 0 aromatic carbocycles. The molecule has 4 rings (SSSR count). The zero-order valence-electron chi connectivity index (χ0n) is 16.2. The van der Waals surface area contributed by atoms with E-state index in [0.29, 0.717) is 9.22 Å². The van der Waals surface area contributed by atoms with E-state index in [9.17, 15) is 24.3 Å². The number of fused-ring (bicyclic) bond motifs is 1. The summed E-state index contributed by atoms with van der Waals surface area (Å²) in [5, 5.41) is 25.0. The first kappa shape index (κ1) is 23.2. The van der Waals surface area contributed by atoms with Crippen LogP contribution in [0.25, 0.3) is 0 Å². The van der Waals surface area contributed by atoms with Crippen LogP contribution in [0.2, 0.25) is 0 Å². The molecule has 2 fully saturated rings. The number of nitrogens with one attached hydrogen (secondary N) is 1. The molecule has 170 valence electrons. The Morgan fingerprint density at radius 2 is 2.25 bits per heavy atom. The molecule has 4 heterocycles. The molecular formula is C16H15N5O6S5. The van der Waals surface area contributed by atoms with Crippen molar-refractivity contribution in [2.45, 2.75) is 15.8 Å². The predicted molar refractivity (Wildman–Crippen MR) is 123 cm³/mol. The van der Waals surface area contributed by atoms with Crippen molar-refractivity contribution >= 4 is 81.0 Å². The van der Waals surface area contributed by atoms with Crippen LogP contribution in [0.1, 0.15) is 4.88 Å². The molecule has 2 unspecified atom stereocenters. The maximum absolute atomic E-state index is 12.8. The van der Waals surface area contributed by atoms with Crippen LogP contribution >= 0.6 is 57.5 Å². The number of aliphatic carboxylic acids is 1. The van der Waals surface area contributed by atoms with Gasteiger partial charge in [0.25, 0.3) is 9.96 Å². The molecular weight excluding hydrogens is 519 g/mol. The van der Waals surface area contributed by atoms with Gasteiger partial charge in [0.1, 0.15) is 29.5 Å². The first-order valence-corrected chi connectivity index (χ1v) is 13.5. The van der Waals surface area contributed by atoms with Gasteiger partial charge in [-0.2, -0.15) is 0 Å². The molecule has 2 amide bonds. The minimum absolute atomic E-state index is 0.0438.